The topological polar surface area (TPSA) is 26.0 Å². The summed E-state index contributed by atoms with van der Waals surface area (Å²) in [5, 5.41) is 2.52. The number of hydrogen-bond acceptors (Lipinski definition) is 2. The molecule has 4 nitrogen and oxygen atoms in total. The van der Waals surface area contributed by atoms with Crippen LogP contribution in [0.5, 0.6) is 0 Å². The van der Waals surface area contributed by atoms with Gasteiger partial charge in [-0.25, -0.2) is 4.98 Å². The summed E-state index contributed by atoms with van der Waals surface area (Å²) in [6, 6.07) is 41.1. The molecule has 0 N–H and O–H groups in total. The third kappa shape index (κ3) is 2.70. The molecule has 2 aromatic heterocycles. The number of aryl methyl sites for hydroxylation is 1. The molecule has 0 saturated carbocycles. The molecule has 0 atom stereocenters. The van der Waals surface area contributed by atoms with Crippen molar-refractivity contribution in [2.45, 2.75) is 13.3 Å². The van der Waals surface area contributed by atoms with E-state index in [-0.39, 0.29) is 0 Å². The van der Waals surface area contributed by atoms with Gasteiger partial charge < -0.3 is 9.47 Å². The normalized spacial score (nSPS) is 12.5. The van der Waals surface area contributed by atoms with Crippen molar-refractivity contribution in [3.8, 4) is 11.4 Å². The predicted octanol–water partition coefficient (Wildman–Crippen LogP) is 8.47. The van der Waals surface area contributed by atoms with Crippen LogP contribution in [0, 0.1) is 0 Å². The predicted molar refractivity (Wildman–Crippen MR) is 153 cm³/mol. The van der Waals surface area contributed by atoms with Gasteiger partial charge in [-0.05, 0) is 48.5 Å². The largest absolute Gasteiger partial charge is 0.307 e. The van der Waals surface area contributed by atoms with Crippen molar-refractivity contribution in [2.75, 3.05) is 4.90 Å². The van der Waals surface area contributed by atoms with Gasteiger partial charge >= 0.3 is 0 Å². The Bertz CT molecular complexity index is 1920. The molecule has 0 amide bonds. The summed E-state index contributed by atoms with van der Waals surface area (Å²) in [6.07, 6.45) is 0.848. The van der Waals surface area contributed by atoms with Crippen LogP contribution in [0.4, 0.5) is 17.1 Å². The summed E-state index contributed by atoms with van der Waals surface area (Å²) < 4.78 is 4.75. The van der Waals surface area contributed by atoms with Gasteiger partial charge in [-0.3, -0.25) is 4.57 Å². The highest BCUT2D eigenvalue weighted by Crippen LogP contribution is 2.48. The third-order valence-electron chi connectivity index (χ3n) is 7.59. The maximum absolute atomic E-state index is 5.31. The van der Waals surface area contributed by atoms with E-state index in [1.165, 1.54) is 27.5 Å². The summed E-state index contributed by atoms with van der Waals surface area (Å²) in [5.41, 5.74) is 10.3. The Morgan fingerprint density at radius 3 is 1.84 bits per heavy atom. The average Bonchev–Trinajstić information content (AvgIpc) is 3.52. The van der Waals surface area contributed by atoms with Crippen LogP contribution in [-0.4, -0.2) is 14.1 Å². The second-order valence-electron chi connectivity index (χ2n) is 9.55. The Kier molecular flexibility index (Phi) is 4.17. The zero-order chi connectivity index (χ0) is 24.5. The minimum Gasteiger partial charge on any atom is -0.307 e. The lowest BCUT2D eigenvalue weighted by atomic mass is 10.1. The van der Waals surface area contributed by atoms with E-state index in [9.17, 15) is 0 Å². The van der Waals surface area contributed by atoms with E-state index in [0.29, 0.717) is 0 Å². The molecule has 3 heterocycles. The number of fused-ring (bicyclic) bond motifs is 5. The van der Waals surface area contributed by atoms with Crippen LogP contribution in [0.1, 0.15) is 12.7 Å². The lowest BCUT2D eigenvalue weighted by Gasteiger charge is -2.33. The average molecular weight is 477 g/mol. The maximum atomic E-state index is 5.31. The quantitative estimate of drug-likeness (QED) is 0.256. The monoisotopic (exact) mass is 476 g/mol. The number of anilines is 3. The zero-order valence-electron chi connectivity index (χ0n) is 20.5. The molecule has 8 rings (SSSR count). The number of nitrogens with zero attached hydrogens (tertiary/aromatic N) is 4. The van der Waals surface area contributed by atoms with Crippen molar-refractivity contribution in [3.05, 3.63) is 121 Å². The smallest absolute Gasteiger partial charge is 0.115 e. The van der Waals surface area contributed by atoms with Crippen molar-refractivity contribution in [1.82, 2.24) is 14.1 Å². The van der Waals surface area contributed by atoms with Crippen LogP contribution in [0.3, 0.4) is 0 Å². The van der Waals surface area contributed by atoms with E-state index in [0.717, 1.165) is 46.0 Å². The first-order valence-corrected chi connectivity index (χ1v) is 12.8. The fourth-order valence-corrected chi connectivity index (χ4v) is 6.06. The SMILES string of the molecule is CCc1nc2c(-n3c4ccccc4c4ccccc43)ccc3c2n1-c1ccccc1N3c1ccccc1. The maximum Gasteiger partial charge on any atom is 0.115 e. The van der Waals surface area contributed by atoms with Crippen LogP contribution in [0.25, 0.3) is 44.2 Å². The number of benzene rings is 5. The van der Waals surface area contributed by atoms with Gasteiger partial charge in [-0.2, -0.15) is 0 Å². The Balaban J connectivity index is 1.53. The van der Waals surface area contributed by atoms with E-state index < -0.39 is 0 Å². The molecule has 5 aromatic carbocycles. The van der Waals surface area contributed by atoms with E-state index in [2.05, 4.69) is 136 Å². The summed E-state index contributed by atoms with van der Waals surface area (Å²) in [6.45, 7) is 2.19. The molecule has 0 bridgehead atoms. The highest BCUT2D eigenvalue weighted by atomic mass is 15.2. The molecule has 1 aliphatic heterocycles. The number of rotatable bonds is 3. The summed E-state index contributed by atoms with van der Waals surface area (Å²) in [7, 11) is 0. The molecule has 0 fully saturated rings. The second kappa shape index (κ2) is 7.58. The highest BCUT2D eigenvalue weighted by Gasteiger charge is 2.30. The third-order valence-corrected chi connectivity index (χ3v) is 7.59. The van der Waals surface area contributed by atoms with Gasteiger partial charge in [0, 0.05) is 22.9 Å². The summed E-state index contributed by atoms with van der Waals surface area (Å²) in [5.74, 6) is 1.07. The van der Waals surface area contributed by atoms with Gasteiger partial charge in [0.15, 0.2) is 0 Å². The highest BCUT2D eigenvalue weighted by molar-refractivity contribution is 6.11. The van der Waals surface area contributed by atoms with E-state index in [1.54, 1.807) is 0 Å². The Morgan fingerprint density at radius 1 is 0.541 bits per heavy atom. The minimum absolute atomic E-state index is 0.848. The molecule has 0 spiro atoms. The van der Waals surface area contributed by atoms with Crippen LogP contribution < -0.4 is 4.90 Å². The van der Waals surface area contributed by atoms with Gasteiger partial charge in [-0.15, -0.1) is 0 Å². The van der Waals surface area contributed by atoms with Crippen molar-refractivity contribution < 1.29 is 0 Å². The van der Waals surface area contributed by atoms with Gasteiger partial charge in [0.2, 0.25) is 0 Å². The molecule has 37 heavy (non-hydrogen) atoms. The first kappa shape index (κ1) is 20.4. The molecule has 0 saturated heterocycles. The van der Waals surface area contributed by atoms with E-state index in [1.807, 2.05) is 0 Å². The first-order valence-electron chi connectivity index (χ1n) is 12.8. The zero-order valence-corrected chi connectivity index (χ0v) is 20.5. The Hall–Kier alpha value is -4.83. The standard InChI is InChI=1S/C33H24N4/c1-2-31-34-32-29(36-25-16-8-6-14-23(25)24-15-7-9-17-26(24)36)20-21-30-33(32)37(31)28-19-11-10-18-27(28)35(30)22-12-4-3-5-13-22/h3-21H,2H2,1H3. The molecule has 0 aliphatic carbocycles. The van der Waals surface area contributed by atoms with Crippen LogP contribution in [0.2, 0.25) is 0 Å². The Labute approximate surface area is 214 Å². The molecule has 4 heteroatoms. The van der Waals surface area contributed by atoms with Crippen molar-refractivity contribution in [1.29, 1.82) is 0 Å². The van der Waals surface area contributed by atoms with Crippen LogP contribution >= 0.6 is 0 Å². The fourth-order valence-electron chi connectivity index (χ4n) is 6.06. The van der Waals surface area contributed by atoms with Gasteiger partial charge in [0.25, 0.3) is 0 Å². The summed E-state index contributed by atoms with van der Waals surface area (Å²) >= 11 is 0. The van der Waals surface area contributed by atoms with Crippen molar-refractivity contribution in [2.24, 2.45) is 0 Å². The number of imidazole rings is 1. The number of para-hydroxylation sites is 5. The fraction of sp³-hybridized carbons (Fsp3) is 0.0606. The lowest BCUT2D eigenvalue weighted by molar-refractivity contribution is 0.900. The van der Waals surface area contributed by atoms with E-state index >= 15 is 0 Å². The van der Waals surface area contributed by atoms with E-state index in [4.69, 9.17) is 4.98 Å². The van der Waals surface area contributed by atoms with Gasteiger partial charge in [0.05, 0.1) is 39.3 Å². The minimum atomic E-state index is 0.848. The molecular weight excluding hydrogens is 452 g/mol. The number of aromatic nitrogens is 3. The Morgan fingerprint density at radius 2 is 1.14 bits per heavy atom. The molecule has 7 aromatic rings. The summed E-state index contributed by atoms with van der Waals surface area (Å²) in [4.78, 5) is 7.68. The van der Waals surface area contributed by atoms with Gasteiger partial charge in [-0.1, -0.05) is 73.7 Å². The second-order valence-corrected chi connectivity index (χ2v) is 9.55. The molecular formula is C33H24N4. The molecule has 0 radical (unpaired) electrons. The van der Waals surface area contributed by atoms with Crippen molar-refractivity contribution >= 4 is 49.9 Å². The first-order chi connectivity index (χ1) is 18.3. The van der Waals surface area contributed by atoms with Crippen LogP contribution in [0.15, 0.2) is 115 Å². The molecule has 1 aliphatic rings. The lowest BCUT2D eigenvalue weighted by Crippen LogP contribution is -2.19. The van der Waals surface area contributed by atoms with Crippen molar-refractivity contribution in [3.63, 3.8) is 0 Å². The van der Waals surface area contributed by atoms with Gasteiger partial charge in [0.1, 0.15) is 11.3 Å². The van der Waals surface area contributed by atoms with Crippen LogP contribution in [-0.2, 0) is 6.42 Å². The number of hydrogen-bond donors (Lipinski definition) is 0. The molecule has 176 valence electrons. The molecule has 0 unspecified atom stereocenters.